The third kappa shape index (κ3) is 3.91. The van der Waals surface area contributed by atoms with Gasteiger partial charge in [-0.2, -0.15) is 0 Å². The molecule has 1 heterocycles. The topological polar surface area (TPSA) is 80.1 Å². The molecule has 0 unspecified atom stereocenters. The first-order valence-corrected chi connectivity index (χ1v) is 7.22. The van der Waals surface area contributed by atoms with Crippen molar-refractivity contribution < 1.29 is 4.92 Å². The predicted octanol–water partition coefficient (Wildman–Crippen LogP) is 4.24. The lowest BCUT2D eigenvalue weighted by Crippen LogP contribution is -2.03. The van der Waals surface area contributed by atoms with Gasteiger partial charge >= 0.3 is 0 Å². The molecule has 0 amide bonds. The molecule has 1 aromatic heterocycles. The van der Waals surface area contributed by atoms with Crippen LogP contribution in [0.1, 0.15) is 12.5 Å². The first-order valence-electron chi connectivity index (χ1n) is 6.43. The molecule has 0 aliphatic carbocycles. The van der Waals surface area contributed by atoms with Gasteiger partial charge in [-0.3, -0.25) is 10.1 Å². The summed E-state index contributed by atoms with van der Waals surface area (Å²) >= 11 is 3.46. The number of hydrogen-bond acceptors (Lipinski definition) is 5. The number of rotatable bonds is 5. The monoisotopic (exact) mass is 350 g/mol. The van der Waals surface area contributed by atoms with E-state index in [2.05, 4.69) is 31.5 Å². The summed E-state index contributed by atoms with van der Waals surface area (Å²) in [5.41, 5.74) is 1.92. The second-order valence-corrected chi connectivity index (χ2v) is 5.33. The Balaban J connectivity index is 2.33. The second kappa shape index (κ2) is 6.53. The van der Waals surface area contributed by atoms with Crippen molar-refractivity contribution in [3.63, 3.8) is 0 Å². The van der Waals surface area contributed by atoms with Gasteiger partial charge in [-0.15, -0.1) is 0 Å². The lowest BCUT2D eigenvalue weighted by Gasteiger charge is -2.09. The Labute approximate surface area is 130 Å². The van der Waals surface area contributed by atoms with Gasteiger partial charge in [0.2, 0.25) is 0 Å². The third-order valence-corrected chi connectivity index (χ3v) is 3.68. The van der Waals surface area contributed by atoms with E-state index in [1.54, 1.807) is 0 Å². The lowest BCUT2D eigenvalue weighted by atomic mass is 10.2. The number of pyridine rings is 1. The van der Waals surface area contributed by atoms with E-state index in [0.29, 0.717) is 18.2 Å². The van der Waals surface area contributed by atoms with Crippen molar-refractivity contribution in [2.75, 3.05) is 17.2 Å². The Kier molecular flexibility index (Phi) is 4.74. The fourth-order valence-corrected chi connectivity index (χ4v) is 2.15. The van der Waals surface area contributed by atoms with Crippen LogP contribution >= 0.6 is 15.9 Å². The van der Waals surface area contributed by atoms with E-state index >= 15 is 0 Å². The highest BCUT2D eigenvalue weighted by atomic mass is 79.9. The molecule has 2 aromatic rings. The molecule has 0 radical (unpaired) electrons. The van der Waals surface area contributed by atoms with Gasteiger partial charge in [0, 0.05) is 16.7 Å². The van der Waals surface area contributed by atoms with E-state index in [9.17, 15) is 10.1 Å². The number of hydrogen-bond donors (Lipinski definition) is 2. The van der Waals surface area contributed by atoms with Crippen LogP contribution in [0.15, 0.2) is 34.8 Å². The SMILES string of the molecule is CCNc1cc([N+](=O)[O-])cc(Nc2ccc(C)c(Br)c2)n1. The molecule has 0 aliphatic rings. The number of nitro groups is 1. The van der Waals surface area contributed by atoms with Crippen LogP contribution in [0.3, 0.4) is 0 Å². The minimum absolute atomic E-state index is 0.00497. The molecule has 0 bridgehead atoms. The summed E-state index contributed by atoms with van der Waals surface area (Å²) in [6.45, 7) is 4.54. The van der Waals surface area contributed by atoms with Crippen molar-refractivity contribution >= 4 is 38.9 Å². The molecule has 110 valence electrons. The molecule has 0 saturated heterocycles. The van der Waals surface area contributed by atoms with Crippen molar-refractivity contribution in [1.29, 1.82) is 0 Å². The van der Waals surface area contributed by atoms with E-state index < -0.39 is 4.92 Å². The highest BCUT2D eigenvalue weighted by molar-refractivity contribution is 9.10. The van der Waals surface area contributed by atoms with Gasteiger partial charge < -0.3 is 10.6 Å². The highest BCUT2D eigenvalue weighted by Gasteiger charge is 2.11. The number of aromatic nitrogens is 1. The number of halogens is 1. The first kappa shape index (κ1) is 15.2. The Morgan fingerprint density at radius 2 is 2.00 bits per heavy atom. The smallest absolute Gasteiger partial charge is 0.276 e. The maximum Gasteiger partial charge on any atom is 0.276 e. The maximum atomic E-state index is 11.0. The summed E-state index contributed by atoms with van der Waals surface area (Å²) < 4.78 is 0.963. The molecule has 2 N–H and O–H groups in total. The van der Waals surface area contributed by atoms with Gasteiger partial charge in [0.1, 0.15) is 11.6 Å². The van der Waals surface area contributed by atoms with Crippen molar-refractivity contribution in [3.05, 3.63) is 50.5 Å². The van der Waals surface area contributed by atoms with Crippen LogP contribution in [-0.2, 0) is 0 Å². The molecule has 0 aliphatic heterocycles. The molecule has 0 atom stereocenters. The van der Waals surface area contributed by atoms with Gasteiger partial charge in [-0.1, -0.05) is 22.0 Å². The molecular formula is C14H15BrN4O2. The zero-order chi connectivity index (χ0) is 15.4. The second-order valence-electron chi connectivity index (χ2n) is 4.47. The lowest BCUT2D eigenvalue weighted by molar-refractivity contribution is -0.384. The molecule has 21 heavy (non-hydrogen) atoms. The standard InChI is InChI=1S/C14H15BrN4O2/c1-3-16-13-7-11(19(20)21)8-14(18-13)17-10-5-4-9(2)12(15)6-10/h4-8H,3H2,1-2H3,(H2,16,17,18). The van der Waals surface area contributed by atoms with E-state index in [-0.39, 0.29) is 5.69 Å². The van der Waals surface area contributed by atoms with Crippen LogP contribution in [0, 0.1) is 17.0 Å². The molecule has 6 nitrogen and oxygen atoms in total. The Morgan fingerprint density at radius 3 is 2.62 bits per heavy atom. The molecule has 0 fully saturated rings. The quantitative estimate of drug-likeness (QED) is 0.622. The number of anilines is 3. The fraction of sp³-hybridized carbons (Fsp3) is 0.214. The average Bonchev–Trinajstić information content (AvgIpc) is 2.43. The van der Waals surface area contributed by atoms with E-state index in [0.717, 1.165) is 15.7 Å². The minimum Gasteiger partial charge on any atom is -0.370 e. The predicted molar refractivity (Wildman–Crippen MR) is 87.2 cm³/mol. The van der Waals surface area contributed by atoms with Gasteiger partial charge in [0.15, 0.2) is 0 Å². The third-order valence-electron chi connectivity index (χ3n) is 2.82. The van der Waals surface area contributed by atoms with E-state index in [4.69, 9.17) is 0 Å². The normalized spacial score (nSPS) is 10.2. The average molecular weight is 351 g/mol. The Morgan fingerprint density at radius 1 is 1.29 bits per heavy atom. The molecule has 2 rings (SSSR count). The van der Waals surface area contributed by atoms with Crippen LogP contribution in [-0.4, -0.2) is 16.5 Å². The van der Waals surface area contributed by atoms with Crippen LogP contribution in [0.2, 0.25) is 0 Å². The van der Waals surface area contributed by atoms with Crippen molar-refractivity contribution in [2.24, 2.45) is 0 Å². The fourth-order valence-electron chi connectivity index (χ4n) is 1.78. The van der Waals surface area contributed by atoms with Crippen molar-refractivity contribution in [3.8, 4) is 0 Å². The highest BCUT2D eigenvalue weighted by Crippen LogP contribution is 2.26. The molecule has 7 heteroatoms. The van der Waals surface area contributed by atoms with Gasteiger partial charge in [0.25, 0.3) is 5.69 Å². The number of nitrogens with one attached hydrogen (secondary N) is 2. The van der Waals surface area contributed by atoms with Crippen LogP contribution < -0.4 is 10.6 Å². The summed E-state index contributed by atoms with van der Waals surface area (Å²) in [5.74, 6) is 0.899. The summed E-state index contributed by atoms with van der Waals surface area (Å²) in [6.07, 6.45) is 0. The Hall–Kier alpha value is -2.15. The number of benzene rings is 1. The van der Waals surface area contributed by atoms with E-state index in [1.807, 2.05) is 32.0 Å². The van der Waals surface area contributed by atoms with Crippen molar-refractivity contribution in [1.82, 2.24) is 4.98 Å². The number of nitrogens with zero attached hydrogens (tertiary/aromatic N) is 2. The van der Waals surface area contributed by atoms with Crippen LogP contribution in [0.5, 0.6) is 0 Å². The minimum atomic E-state index is -0.432. The first-order chi connectivity index (χ1) is 9.99. The number of aryl methyl sites for hydroxylation is 1. The molecular weight excluding hydrogens is 336 g/mol. The zero-order valence-corrected chi connectivity index (χ0v) is 13.3. The van der Waals surface area contributed by atoms with E-state index in [1.165, 1.54) is 12.1 Å². The summed E-state index contributed by atoms with van der Waals surface area (Å²) in [5, 5.41) is 17.0. The van der Waals surface area contributed by atoms with Gasteiger partial charge in [-0.25, -0.2) is 4.98 Å². The summed E-state index contributed by atoms with van der Waals surface area (Å²) in [4.78, 5) is 14.9. The molecule has 0 saturated carbocycles. The van der Waals surface area contributed by atoms with Gasteiger partial charge in [-0.05, 0) is 31.5 Å². The van der Waals surface area contributed by atoms with Crippen LogP contribution in [0.25, 0.3) is 0 Å². The van der Waals surface area contributed by atoms with Crippen molar-refractivity contribution in [2.45, 2.75) is 13.8 Å². The van der Waals surface area contributed by atoms with Crippen LogP contribution in [0.4, 0.5) is 23.0 Å². The molecule has 1 aromatic carbocycles. The Bertz CT molecular complexity index is 676. The summed E-state index contributed by atoms with van der Waals surface area (Å²) in [7, 11) is 0. The molecule has 0 spiro atoms. The maximum absolute atomic E-state index is 11.0. The largest absolute Gasteiger partial charge is 0.370 e. The summed E-state index contributed by atoms with van der Waals surface area (Å²) in [6, 6.07) is 8.58. The van der Waals surface area contributed by atoms with Gasteiger partial charge in [0.05, 0.1) is 17.1 Å². The zero-order valence-electron chi connectivity index (χ0n) is 11.7.